The average molecular weight is 462 g/mol. The number of amides is 1. The van der Waals surface area contributed by atoms with Crippen LogP contribution in [0.15, 0.2) is 65.3 Å². The van der Waals surface area contributed by atoms with E-state index in [2.05, 4.69) is 5.32 Å². The topological polar surface area (TPSA) is 124 Å². The van der Waals surface area contributed by atoms with Crippen LogP contribution in [0.3, 0.4) is 0 Å². The Bertz CT molecular complexity index is 1220. The van der Waals surface area contributed by atoms with Gasteiger partial charge in [0.1, 0.15) is 23.2 Å². The van der Waals surface area contributed by atoms with Crippen molar-refractivity contribution < 1.29 is 23.8 Å². The number of hydrogen-bond acceptors (Lipinski definition) is 7. The van der Waals surface area contributed by atoms with Crippen molar-refractivity contribution in [3.05, 3.63) is 81.9 Å². The zero-order chi connectivity index (χ0) is 24.8. The summed E-state index contributed by atoms with van der Waals surface area (Å²) in [6.45, 7) is 7.15. The normalized spacial score (nSPS) is 15.3. The summed E-state index contributed by atoms with van der Waals surface area (Å²) in [6.07, 6.45) is 0. The van der Waals surface area contributed by atoms with Crippen molar-refractivity contribution in [1.29, 1.82) is 5.26 Å². The maximum Gasteiger partial charge on any atom is 0.338 e. The molecule has 2 aromatic carbocycles. The lowest BCUT2D eigenvalue weighted by Crippen LogP contribution is -2.25. The summed E-state index contributed by atoms with van der Waals surface area (Å²) in [5.41, 5.74) is 9.59. The first-order chi connectivity index (χ1) is 16.2. The average Bonchev–Trinajstić information content (AvgIpc) is 2.79. The molecule has 1 amide bonds. The molecule has 0 saturated heterocycles. The fourth-order valence-corrected chi connectivity index (χ4v) is 3.76. The number of esters is 1. The molecule has 2 aromatic rings. The highest BCUT2D eigenvalue weighted by Gasteiger charge is 2.36. The van der Waals surface area contributed by atoms with Gasteiger partial charge in [-0.1, -0.05) is 29.8 Å². The number of rotatable bonds is 7. The predicted molar refractivity (Wildman–Crippen MR) is 126 cm³/mol. The van der Waals surface area contributed by atoms with Crippen molar-refractivity contribution >= 4 is 17.6 Å². The van der Waals surface area contributed by atoms with Gasteiger partial charge in [-0.05, 0) is 57.0 Å². The van der Waals surface area contributed by atoms with Crippen LogP contribution in [0.4, 0.5) is 5.69 Å². The molecule has 0 fully saturated rings. The van der Waals surface area contributed by atoms with Crippen LogP contribution in [0.5, 0.6) is 5.75 Å². The van der Waals surface area contributed by atoms with Gasteiger partial charge in [0, 0.05) is 5.69 Å². The standard InChI is InChI=1S/C26H27N3O5/c1-5-32-26(31)23-17(4)34-25(28)20(13-27)24(23)18-7-6-8-19(12-18)33-14-22(30)29-21-10-9-15(2)11-16(21)3/h6-12,24H,5,14,28H2,1-4H3,(H,29,30). The van der Waals surface area contributed by atoms with Crippen molar-refractivity contribution in [2.24, 2.45) is 5.73 Å². The zero-order valence-electron chi connectivity index (χ0n) is 19.6. The van der Waals surface area contributed by atoms with Crippen LogP contribution in [0.1, 0.15) is 36.5 Å². The molecule has 0 aromatic heterocycles. The molecule has 1 unspecified atom stereocenters. The highest BCUT2D eigenvalue weighted by Crippen LogP contribution is 2.40. The summed E-state index contributed by atoms with van der Waals surface area (Å²) < 4.78 is 16.3. The van der Waals surface area contributed by atoms with Crippen LogP contribution in [-0.2, 0) is 19.1 Å². The Balaban J connectivity index is 1.82. The van der Waals surface area contributed by atoms with Gasteiger partial charge in [-0.25, -0.2) is 4.79 Å². The SMILES string of the molecule is CCOC(=O)C1=C(C)OC(N)=C(C#N)C1c1cccc(OCC(=O)Nc2ccc(C)cc2C)c1. The van der Waals surface area contributed by atoms with Crippen molar-refractivity contribution in [3.63, 3.8) is 0 Å². The number of nitriles is 1. The van der Waals surface area contributed by atoms with Crippen LogP contribution in [0, 0.1) is 25.2 Å². The molecule has 0 aliphatic carbocycles. The first-order valence-corrected chi connectivity index (χ1v) is 10.8. The second-order valence-electron chi connectivity index (χ2n) is 7.84. The van der Waals surface area contributed by atoms with Gasteiger partial charge in [0.05, 0.1) is 18.1 Å². The van der Waals surface area contributed by atoms with Gasteiger partial charge in [0.2, 0.25) is 5.88 Å². The molecule has 3 N–H and O–H groups in total. The number of ether oxygens (including phenoxy) is 3. The Morgan fingerprint density at radius 1 is 1.18 bits per heavy atom. The lowest BCUT2D eigenvalue weighted by atomic mass is 9.83. The van der Waals surface area contributed by atoms with Crippen molar-refractivity contribution in [2.75, 3.05) is 18.5 Å². The second-order valence-corrected chi connectivity index (χ2v) is 7.84. The molecule has 1 heterocycles. The summed E-state index contributed by atoms with van der Waals surface area (Å²) in [4.78, 5) is 25.1. The molecule has 0 saturated carbocycles. The number of nitrogens with two attached hydrogens (primary N) is 1. The third-order valence-electron chi connectivity index (χ3n) is 5.32. The summed E-state index contributed by atoms with van der Waals surface area (Å²) >= 11 is 0. The van der Waals surface area contributed by atoms with E-state index in [0.717, 1.165) is 11.1 Å². The number of carbonyl (C=O) groups excluding carboxylic acids is 2. The summed E-state index contributed by atoms with van der Waals surface area (Å²) in [5, 5.41) is 12.5. The van der Waals surface area contributed by atoms with E-state index in [1.165, 1.54) is 0 Å². The van der Waals surface area contributed by atoms with Gasteiger partial charge in [0.15, 0.2) is 6.61 Å². The monoisotopic (exact) mass is 461 g/mol. The molecule has 34 heavy (non-hydrogen) atoms. The number of benzene rings is 2. The molecule has 0 spiro atoms. The van der Waals surface area contributed by atoms with Crippen LogP contribution in [0.2, 0.25) is 0 Å². The maximum atomic E-state index is 12.7. The summed E-state index contributed by atoms with van der Waals surface area (Å²) in [5.74, 6) is -1.10. The van der Waals surface area contributed by atoms with Crippen molar-refractivity contribution in [1.82, 2.24) is 0 Å². The number of hydrogen-bond donors (Lipinski definition) is 2. The van der Waals surface area contributed by atoms with E-state index >= 15 is 0 Å². The smallest absolute Gasteiger partial charge is 0.338 e. The van der Waals surface area contributed by atoms with Crippen molar-refractivity contribution in [3.8, 4) is 11.8 Å². The van der Waals surface area contributed by atoms with E-state index in [4.69, 9.17) is 19.9 Å². The number of anilines is 1. The molecule has 8 nitrogen and oxygen atoms in total. The zero-order valence-corrected chi connectivity index (χ0v) is 19.6. The molecule has 0 radical (unpaired) electrons. The second kappa shape index (κ2) is 10.6. The first-order valence-electron chi connectivity index (χ1n) is 10.8. The Hall–Kier alpha value is -4.25. The molecule has 176 valence electrons. The Kier molecular flexibility index (Phi) is 7.59. The number of allylic oxidation sites excluding steroid dienone is 2. The summed E-state index contributed by atoms with van der Waals surface area (Å²) in [6, 6.07) is 14.6. The number of aryl methyl sites for hydroxylation is 2. The van der Waals surface area contributed by atoms with Crippen LogP contribution in [0.25, 0.3) is 0 Å². The van der Waals surface area contributed by atoms with Crippen molar-refractivity contribution in [2.45, 2.75) is 33.6 Å². The van der Waals surface area contributed by atoms with Crippen LogP contribution >= 0.6 is 0 Å². The summed E-state index contributed by atoms with van der Waals surface area (Å²) in [7, 11) is 0. The van der Waals surface area contributed by atoms with E-state index in [9.17, 15) is 14.9 Å². The highest BCUT2D eigenvalue weighted by molar-refractivity contribution is 5.93. The van der Waals surface area contributed by atoms with Gasteiger partial charge in [-0.15, -0.1) is 0 Å². The molecule has 1 atom stereocenters. The fraction of sp³-hybridized carbons (Fsp3) is 0.269. The predicted octanol–water partition coefficient (Wildman–Crippen LogP) is 3.97. The van der Waals surface area contributed by atoms with E-state index in [-0.39, 0.29) is 41.9 Å². The molecule has 8 heteroatoms. The van der Waals surface area contributed by atoms with Gasteiger partial charge in [-0.2, -0.15) is 5.26 Å². The highest BCUT2D eigenvalue weighted by atomic mass is 16.5. The Morgan fingerprint density at radius 3 is 2.62 bits per heavy atom. The number of nitrogens with zero attached hydrogens (tertiary/aromatic N) is 1. The van der Waals surface area contributed by atoms with E-state index < -0.39 is 11.9 Å². The largest absolute Gasteiger partial charge is 0.484 e. The van der Waals surface area contributed by atoms with E-state index in [1.807, 2.05) is 38.1 Å². The van der Waals surface area contributed by atoms with Crippen LogP contribution < -0.4 is 15.8 Å². The third-order valence-corrected chi connectivity index (χ3v) is 5.32. The minimum Gasteiger partial charge on any atom is -0.484 e. The Labute approximate surface area is 198 Å². The number of nitrogens with one attached hydrogen (secondary N) is 1. The minimum absolute atomic E-state index is 0.0720. The van der Waals surface area contributed by atoms with Gasteiger partial charge >= 0.3 is 5.97 Å². The molecule has 3 rings (SSSR count). The number of carbonyl (C=O) groups is 2. The third kappa shape index (κ3) is 5.38. The van der Waals surface area contributed by atoms with Gasteiger partial charge < -0.3 is 25.3 Å². The fourth-order valence-electron chi connectivity index (χ4n) is 3.76. The molecular formula is C26H27N3O5. The quantitative estimate of drug-likeness (QED) is 0.598. The van der Waals surface area contributed by atoms with Crippen LogP contribution in [-0.4, -0.2) is 25.1 Å². The molecule has 1 aliphatic heterocycles. The van der Waals surface area contributed by atoms with Gasteiger partial charge in [-0.3, -0.25) is 4.79 Å². The molecule has 0 bridgehead atoms. The molecule has 1 aliphatic rings. The van der Waals surface area contributed by atoms with Gasteiger partial charge in [0.25, 0.3) is 5.91 Å². The first kappa shape index (κ1) is 24.4. The Morgan fingerprint density at radius 2 is 1.94 bits per heavy atom. The van der Waals surface area contributed by atoms with E-state index in [1.54, 1.807) is 38.1 Å². The minimum atomic E-state index is -0.787. The maximum absolute atomic E-state index is 12.7. The van der Waals surface area contributed by atoms with E-state index in [0.29, 0.717) is 17.0 Å². The molecular weight excluding hydrogens is 434 g/mol. The lowest BCUT2D eigenvalue weighted by Gasteiger charge is -2.27. The lowest BCUT2D eigenvalue weighted by molar-refractivity contribution is -0.139.